The maximum absolute atomic E-state index is 9.42. The second-order valence-electron chi connectivity index (χ2n) is 6.24. The number of aromatic nitrogens is 1. The monoisotopic (exact) mass is 469 g/mol. The van der Waals surface area contributed by atoms with Crippen molar-refractivity contribution in [2.45, 2.75) is 81.1 Å². The fourth-order valence-corrected chi connectivity index (χ4v) is 2.93. The van der Waals surface area contributed by atoms with Gasteiger partial charge in [-0.1, -0.05) is 48.5 Å². The van der Waals surface area contributed by atoms with Crippen molar-refractivity contribution in [2.75, 3.05) is 38.3 Å². The lowest BCUT2D eigenvalue weighted by atomic mass is 10.1. The van der Waals surface area contributed by atoms with Gasteiger partial charge in [0.25, 0.3) is 6.47 Å². The molecular weight excluding hydrogens is 418 g/mol. The molecule has 33 heavy (non-hydrogen) atoms. The fourth-order valence-electron chi connectivity index (χ4n) is 2.93. The van der Waals surface area contributed by atoms with E-state index in [1.165, 1.54) is 30.0 Å². The van der Waals surface area contributed by atoms with Crippen molar-refractivity contribution < 1.29 is 14.6 Å². The Morgan fingerprint density at radius 1 is 1.12 bits per heavy atom. The number of carbonyl (C=O) groups is 1. The highest BCUT2D eigenvalue weighted by Crippen LogP contribution is 2.25. The first-order valence-electron chi connectivity index (χ1n) is 12.4. The number of anilines is 1. The zero-order valence-corrected chi connectivity index (χ0v) is 22.6. The third-order valence-electron chi connectivity index (χ3n) is 4.38. The molecule has 1 saturated heterocycles. The summed E-state index contributed by atoms with van der Waals surface area (Å²) in [4.78, 5) is 16.3. The van der Waals surface area contributed by atoms with Crippen LogP contribution in [0.15, 0.2) is 17.8 Å². The minimum Gasteiger partial charge on any atom is -0.468 e. The van der Waals surface area contributed by atoms with Crippen LogP contribution in [0, 0.1) is 0 Å². The third-order valence-corrected chi connectivity index (χ3v) is 4.38. The topological polar surface area (TPSA) is 118 Å². The molecule has 2 heterocycles. The van der Waals surface area contributed by atoms with Gasteiger partial charge in [0, 0.05) is 20.1 Å². The number of likely N-dealkylation sites (N-methyl/N-ethyl adjacent to an activating group) is 1. The molecule has 0 spiro atoms. The van der Waals surface area contributed by atoms with Crippen molar-refractivity contribution in [1.29, 1.82) is 0 Å². The minimum absolute atomic E-state index is 0.212. The molecule has 0 amide bonds. The van der Waals surface area contributed by atoms with Gasteiger partial charge >= 0.3 is 0 Å². The summed E-state index contributed by atoms with van der Waals surface area (Å²) in [6.07, 6.45) is 4.63. The molecule has 1 aliphatic heterocycles. The number of aliphatic hydroxyl groups is 1. The average Bonchev–Trinajstić information content (AvgIpc) is 2.88. The first-order chi connectivity index (χ1) is 16.0. The van der Waals surface area contributed by atoms with Crippen LogP contribution in [0.1, 0.15) is 86.0 Å². The Morgan fingerprint density at radius 3 is 2.03 bits per heavy atom. The van der Waals surface area contributed by atoms with Gasteiger partial charge in [0.1, 0.15) is 0 Å². The molecule has 2 rings (SSSR count). The van der Waals surface area contributed by atoms with E-state index in [1.54, 1.807) is 14.0 Å². The van der Waals surface area contributed by atoms with Crippen LogP contribution in [0.3, 0.4) is 0 Å². The summed E-state index contributed by atoms with van der Waals surface area (Å²) in [7, 11) is 1.65. The lowest BCUT2D eigenvalue weighted by Crippen LogP contribution is -2.31. The first kappa shape index (κ1) is 35.3. The number of aliphatic hydroxyl groups excluding tert-OH is 1. The SMILES string of the molecule is CC.CC.CC.CCOC=O.CCc1nc(/C(N)=C(\CO)N(C)N)ccc1N1CCCCC1. The molecular formula is C25H51N5O3. The number of piperidine rings is 1. The van der Waals surface area contributed by atoms with E-state index in [4.69, 9.17) is 16.6 Å². The minimum atomic E-state index is -0.212. The van der Waals surface area contributed by atoms with Crippen molar-refractivity contribution >= 4 is 17.9 Å². The molecule has 1 aromatic rings. The van der Waals surface area contributed by atoms with Gasteiger partial charge in [-0.25, -0.2) is 10.8 Å². The van der Waals surface area contributed by atoms with Gasteiger partial charge in [0.2, 0.25) is 0 Å². The number of nitrogens with zero attached hydrogens (tertiary/aromatic N) is 3. The van der Waals surface area contributed by atoms with E-state index in [2.05, 4.69) is 22.6 Å². The number of ether oxygens (including phenoxy) is 1. The van der Waals surface area contributed by atoms with Crippen molar-refractivity contribution in [1.82, 2.24) is 9.99 Å². The number of hydrogen-bond acceptors (Lipinski definition) is 8. The van der Waals surface area contributed by atoms with Crippen LogP contribution in [-0.4, -0.2) is 54.9 Å². The van der Waals surface area contributed by atoms with E-state index >= 15 is 0 Å². The van der Waals surface area contributed by atoms with Crippen molar-refractivity contribution in [3.05, 3.63) is 29.2 Å². The Morgan fingerprint density at radius 2 is 1.67 bits per heavy atom. The Balaban J connectivity index is -0.000000699. The standard InChI is InChI=1S/C16H27N5O.C3H6O2.3C2H6/c1-3-12-14(21-9-5-4-6-10-21)8-7-13(19-12)16(17)15(11-22)20(2)18;1-2-5-3-4;3*1-2/h7-8,22H,3-6,9-11,17-18H2,1-2H3;3H,2H2,1H3;3*1-2H3/b16-15-;;;;. The third kappa shape index (κ3) is 13.7. The molecule has 0 aromatic carbocycles. The number of hydrogen-bond donors (Lipinski definition) is 3. The molecule has 0 atom stereocenters. The van der Waals surface area contributed by atoms with E-state index < -0.39 is 0 Å². The number of hydrazine groups is 1. The maximum Gasteiger partial charge on any atom is 0.293 e. The second-order valence-corrected chi connectivity index (χ2v) is 6.24. The van der Waals surface area contributed by atoms with Gasteiger partial charge in [-0.05, 0) is 44.7 Å². The molecule has 8 heteroatoms. The first-order valence-corrected chi connectivity index (χ1v) is 12.4. The number of rotatable bonds is 7. The van der Waals surface area contributed by atoms with Gasteiger partial charge in [0.15, 0.2) is 0 Å². The smallest absolute Gasteiger partial charge is 0.293 e. The molecule has 0 unspecified atom stereocenters. The normalized spacial score (nSPS) is 12.5. The van der Waals surface area contributed by atoms with Gasteiger partial charge in [-0.3, -0.25) is 4.79 Å². The number of pyridine rings is 1. The van der Waals surface area contributed by atoms with Crippen molar-refractivity contribution in [2.24, 2.45) is 11.6 Å². The van der Waals surface area contributed by atoms with E-state index in [1.807, 2.05) is 47.6 Å². The molecule has 1 fully saturated rings. The number of aryl methyl sites for hydroxylation is 1. The Labute approximate surface area is 203 Å². The van der Waals surface area contributed by atoms with Gasteiger partial charge in [-0.2, -0.15) is 0 Å². The van der Waals surface area contributed by atoms with Crippen LogP contribution in [-0.2, 0) is 16.0 Å². The van der Waals surface area contributed by atoms with Crippen molar-refractivity contribution in [3.63, 3.8) is 0 Å². The fraction of sp³-hybridized carbons (Fsp3) is 0.680. The highest BCUT2D eigenvalue weighted by atomic mass is 16.5. The van der Waals surface area contributed by atoms with Crippen LogP contribution in [0.2, 0.25) is 0 Å². The predicted molar refractivity (Wildman–Crippen MR) is 142 cm³/mol. The summed E-state index contributed by atoms with van der Waals surface area (Å²) in [5, 5.41) is 10.8. The highest BCUT2D eigenvalue weighted by Gasteiger charge is 2.17. The molecule has 0 radical (unpaired) electrons. The molecule has 1 aromatic heterocycles. The second kappa shape index (κ2) is 24.3. The van der Waals surface area contributed by atoms with Gasteiger partial charge < -0.3 is 25.5 Å². The Bertz CT molecular complexity index is 616. The van der Waals surface area contributed by atoms with Crippen LogP contribution in [0.4, 0.5) is 5.69 Å². The molecule has 0 bridgehead atoms. The quantitative estimate of drug-likeness (QED) is 0.307. The average molecular weight is 470 g/mol. The van der Waals surface area contributed by atoms with Crippen LogP contribution in [0.5, 0.6) is 0 Å². The van der Waals surface area contributed by atoms with Crippen LogP contribution in [0.25, 0.3) is 5.70 Å². The van der Waals surface area contributed by atoms with E-state index in [0.717, 1.165) is 25.2 Å². The van der Waals surface area contributed by atoms with E-state index in [9.17, 15) is 9.90 Å². The lowest BCUT2D eigenvalue weighted by Gasteiger charge is -2.30. The summed E-state index contributed by atoms with van der Waals surface area (Å²) in [6, 6.07) is 4.00. The van der Waals surface area contributed by atoms with Gasteiger partial charge in [0.05, 0.1) is 41.7 Å². The zero-order valence-electron chi connectivity index (χ0n) is 22.6. The maximum atomic E-state index is 9.42. The zero-order chi connectivity index (χ0) is 26.2. The molecule has 194 valence electrons. The summed E-state index contributed by atoms with van der Waals surface area (Å²) in [6.45, 7) is 18.7. The molecule has 0 aliphatic carbocycles. The van der Waals surface area contributed by atoms with E-state index in [-0.39, 0.29) is 6.61 Å². The molecule has 1 aliphatic rings. The molecule has 5 N–H and O–H groups in total. The van der Waals surface area contributed by atoms with Gasteiger partial charge in [-0.15, -0.1) is 0 Å². The van der Waals surface area contributed by atoms with Crippen LogP contribution < -0.4 is 16.5 Å². The predicted octanol–water partition coefficient (Wildman–Crippen LogP) is 4.32. The van der Waals surface area contributed by atoms with Crippen molar-refractivity contribution in [3.8, 4) is 0 Å². The molecule has 8 nitrogen and oxygen atoms in total. The summed E-state index contributed by atoms with van der Waals surface area (Å²) in [5.41, 5.74) is 9.93. The number of nitrogens with two attached hydrogens (primary N) is 2. The van der Waals surface area contributed by atoms with E-state index in [0.29, 0.717) is 30.2 Å². The Hall–Kier alpha value is -2.32. The Kier molecular flexibility index (Phi) is 26.0. The lowest BCUT2D eigenvalue weighted by molar-refractivity contribution is -0.128. The summed E-state index contributed by atoms with van der Waals surface area (Å²) >= 11 is 0. The largest absolute Gasteiger partial charge is 0.468 e. The summed E-state index contributed by atoms with van der Waals surface area (Å²) in [5.74, 6) is 5.70. The highest BCUT2D eigenvalue weighted by molar-refractivity contribution is 5.65. The van der Waals surface area contributed by atoms with Crippen LogP contribution >= 0.6 is 0 Å². The summed E-state index contributed by atoms with van der Waals surface area (Å²) < 4.78 is 4.15. The number of carbonyl (C=O) groups excluding carboxylic acids is 1. The molecule has 0 saturated carbocycles.